The van der Waals surface area contributed by atoms with Crippen molar-refractivity contribution >= 4 is 40.0 Å². The van der Waals surface area contributed by atoms with Gasteiger partial charge in [0, 0.05) is 33.2 Å². The molecule has 2 aliphatic heterocycles. The van der Waals surface area contributed by atoms with Crippen LogP contribution in [0.1, 0.15) is 23.7 Å². The number of rotatable bonds is 4. The largest absolute Gasteiger partial charge is 0.416 e. The third-order valence-corrected chi connectivity index (χ3v) is 6.70. The van der Waals surface area contributed by atoms with Crippen molar-refractivity contribution < 1.29 is 26.3 Å². The molecular weight excluding hydrogens is 548 g/mol. The Morgan fingerprint density at radius 3 is 2.65 bits per heavy atom. The fraction of sp³-hybridized carbons (Fsp3) is 0.632. The van der Waals surface area contributed by atoms with Gasteiger partial charge in [0.2, 0.25) is 10.0 Å². The number of guanidine groups is 1. The predicted octanol–water partition coefficient (Wildman–Crippen LogP) is 2.55. The smallest absolute Gasteiger partial charge is 0.370 e. The molecule has 0 amide bonds. The number of alkyl halides is 3. The van der Waals surface area contributed by atoms with Crippen molar-refractivity contribution in [1.29, 1.82) is 0 Å². The van der Waals surface area contributed by atoms with Crippen LogP contribution in [0.5, 0.6) is 0 Å². The van der Waals surface area contributed by atoms with Gasteiger partial charge in [0.05, 0.1) is 25.0 Å². The first-order valence-electron chi connectivity index (χ1n) is 9.77. The molecule has 7 nitrogen and oxygen atoms in total. The molecule has 0 bridgehead atoms. The average Bonchev–Trinajstić information content (AvgIpc) is 3.18. The summed E-state index contributed by atoms with van der Waals surface area (Å²) in [4.78, 5) is 6.25. The number of hydrogen-bond acceptors (Lipinski definition) is 4. The normalized spacial score (nSPS) is 23.5. The van der Waals surface area contributed by atoms with Crippen molar-refractivity contribution in [2.75, 3.05) is 52.6 Å². The summed E-state index contributed by atoms with van der Waals surface area (Å²) >= 11 is 0. The Morgan fingerprint density at radius 1 is 1.29 bits per heavy atom. The standard InChI is InChI=1S/C19H27F3N4O3S.HI/c1-23-18(24-11-14-6-7-26(12-14)30(2,27)28)25-8-9-29-17(13-25)15-4-3-5-16(10-15)19(20,21)22;/h3-5,10,14,17H,6-9,11-13H2,1-2H3,(H,23,24);1H. The molecule has 3 rings (SSSR count). The van der Waals surface area contributed by atoms with E-state index >= 15 is 0 Å². The molecule has 0 saturated carbocycles. The zero-order valence-electron chi connectivity index (χ0n) is 17.4. The molecule has 0 aliphatic carbocycles. The second-order valence-electron chi connectivity index (χ2n) is 7.63. The number of hydrogen-bond donors (Lipinski definition) is 1. The Balaban J connectivity index is 0.00000341. The van der Waals surface area contributed by atoms with Crippen LogP contribution >= 0.6 is 24.0 Å². The molecule has 0 radical (unpaired) electrons. The molecule has 0 spiro atoms. The van der Waals surface area contributed by atoms with E-state index in [-0.39, 0.29) is 29.9 Å². The Bertz CT molecular complexity index is 882. The maximum atomic E-state index is 13.0. The molecule has 2 heterocycles. The van der Waals surface area contributed by atoms with Crippen molar-refractivity contribution in [1.82, 2.24) is 14.5 Å². The van der Waals surface area contributed by atoms with E-state index in [1.54, 1.807) is 13.1 Å². The summed E-state index contributed by atoms with van der Waals surface area (Å²) < 4.78 is 69.6. The second-order valence-corrected chi connectivity index (χ2v) is 9.61. The molecule has 176 valence electrons. The molecule has 0 aromatic heterocycles. The van der Waals surface area contributed by atoms with E-state index in [2.05, 4.69) is 10.3 Å². The Hall–Kier alpha value is -1.12. The summed E-state index contributed by atoms with van der Waals surface area (Å²) in [6.45, 7) is 2.87. The minimum absolute atomic E-state index is 0. The molecule has 2 atom stereocenters. The summed E-state index contributed by atoms with van der Waals surface area (Å²) in [5.74, 6) is 0.810. The Labute approximate surface area is 198 Å². The van der Waals surface area contributed by atoms with Crippen LogP contribution in [-0.4, -0.2) is 76.2 Å². The first kappa shape index (κ1) is 26.1. The van der Waals surface area contributed by atoms with Crippen LogP contribution in [0.15, 0.2) is 29.3 Å². The summed E-state index contributed by atoms with van der Waals surface area (Å²) in [5.41, 5.74) is -0.218. The van der Waals surface area contributed by atoms with Crippen LogP contribution in [0, 0.1) is 5.92 Å². The number of halogens is 4. The van der Waals surface area contributed by atoms with Crippen LogP contribution < -0.4 is 5.32 Å². The zero-order chi connectivity index (χ0) is 21.9. The Kier molecular flexibility index (Phi) is 8.99. The van der Waals surface area contributed by atoms with Gasteiger partial charge in [0.25, 0.3) is 0 Å². The molecule has 1 aromatic carbocycles. The zero-order valence-corrected chi connectivity index (χ0v) is 20.6. The van der Waals surface area contributed by atoms with Gasteiger partial charge in [0.1, 0.15) is 6.10 Å². The lowest BCUT2D eigenvalue weighted by Gasteiger charge is -2.35. The highest BCUT2D eigenvalue weighted by Gasteiger charge is 2.33. The number of sulfonamides is 1. The van der Waals surface area contributed by atoms with Gasteiger partial charge in [-0.05, 0) is 30.0 Å². The van der Waals surface area contributed by atoms with Crippen LogP contribution in [-0.2, 0) is 20.9 Å². The van der Waals surface area contributed by atoms with Crippen LogP contribution in [0.4, 0.5) is 13.2 Å². The number of aliphatic imine (C=N–C) groups is 1. The minimum atomic E-state index is -4.40. The van der Waals surface area contributed by atoms with E-state index in [1.165, 1.54) is 16.6 Å². The van der Waals surface area contributed by atoms with Crippen molar-refractivity contribution in [2.24, 2.45) is 10.9 Å². The number of benzene rings is 1. The second kappa shape index (κ2) is 10.7. The number of nitrogens with zero attached hydrogens (tertiary/aromatic N) is 3. The van der Waals surface area contributed by atoms with E-state index in [4.69, 9.17) is 4.74 Å². The molecular formula is C19H28F3IN4O3S. The highest BCUT2D eigenvalue weighted by Crippen LogP contribution is 2.32. The summed E-state index contributed by atoms with van der Waals surface area (Å²) in [6, 6.07) is 5.20. The maximum absolute atomic E-state index is 13.0. The summed E-state index contributed by atoms with van der Waals surface area (Å²) in [6.07, 6.45) is -2.91. The fourth-order valence-electron chi connectivity index (χ4n) is 3.79. The van der Waals surface area contributed by atoms with Crippen molar-refractivity contribution in [2.45, 2.75) is 18.7 Å². The first-order valence-corrected chi connectivity index (χ1v) is 11.6. The van der Waals surface area contributed by atoms with Gasteiger partial charge in [-0.15, -0.1) is 24.0 Å². The fourth-order valence-corrected chi connectivity index (χ4v) is 4.71. The number of morpholine rings is 1. The van der Waals surface area contributed by atoms with Gasteiger partial charge in [-0.3, -0.25) is 4.99 Å². The minimum Gasteiger partial charge on any atom is -0.370 e. The van der Waals surface area contributed by atoms with Crippen LogP contribution in [0.2, 0.25) is 0 Å². The van der Waals surface area contributed by atoms with E-state index in [1.807, 2.05) is 4.90 Å². The van der Waals surface area contributed by atoms with Gasteiger partial charge >= 0.3 is 6.18 Å². The lowest BCUT2D eigenvalue weighted by atomic mass is 10.0. The van der Waals surface area contributed by atoms with Crippen molar-refractivity contribution in [3.8, 4) is 0 Å². The monoisotopic (exact) mass is 576 g/mol. The van der Waals surface area contributed by atoms with Gasteiger partial charge in [-0.1, -0.05) is 12.1 Å². The topological polar surface area (TPSA) is 74.2 Å². The lowest BCUT2D eigenvalue weighted by molar-refractivity contribution is -0.137. The summed E-state index contributed by atoms with van der Waals surface area (Å²) in [5, 5.41) is 3.28. The van der Waals surface area contributed by atoms with Gasteiger partial charge in [-0.2, -0.15) is 13.2 Å². The van der Waals surface area contributed by atoms with Gasteiger partial charge in [0.15, 0.2) is 5.96 Å². The average molecular weight is 576 g/mol. The molecule has 31 heavy (non-hydrogen) atoms. The molecule has 2 fully saturated rings. The lowest BCUT2D eigenvalue weighted by Crippen LogP contribution is -2.49. The third kappa shape index (κ3) is 6.93. The predicted molar refractivity (Wildman–Crippen MR) is 123 cm³/mol. The van der Waals surface area contributed by atoms with Gasteiger partial charge < -0.3 is 15.0 Å². The molecule has 1 N–H and O–H groups in total. The van der Waals surface area contributed by atoms with Crippen molar-refractivity contribution in [3.63, 3.8) is 0 Å². The Morgan fingerprint density at radius 2 is 2.03 bits per heavy atom. The summed E-state index contributed by atoms with van der Waals surface area (Å²) in [7, 11) is -1.54. The van der Waals surface area contributed by atoms with E-state index < -0.39 is 27.9 Å². The molecule has 1 aromatic rings. The van der Waals surface area contributed by atoms with Crippen LogP contribution in [0.3, 0.4) is 0 Å². The first-order chi connectivity index (χ1) is 14.1. The van der Waals surface area contributed by atoms with E-state index in [0.717, 1.165) is 18.6 Å². The maximum Gasteiger partial charge on any atom is 0.416 e. The highest BCUT2D eigenvalue weighted by molar-refractivity contribution is 14.0. The third-order valence-electron chi connectivity index (χ3n) is 5.43. The SMILES string of the molecule is CN=C(NCC1CCN(S(C)(=O)=O)C1)N1CCOC(c2cccc(C(F)(F)F)c2)C1.I. The molecule has 12 heteroatoms. The van der Waals surface area contributed by atoms with Crippen LogP contribution in [0.25, 0.3) is 0 Å². The van der Waals surface area contributed by atoms with Crippen molar-refractivity contribution in [3.05, 3.63) is 35.4 Å². The molecule has 2 unspecified atom stereocenters. The van der Waals surface area contributed by atoms with E-state index in [0.29, 0.717) is 50.9 Å². The molecule has 2 aliphatic rings. The highest BCUT2D eigenvalue weighted by atomic mass is 127. The van der Waals surface area contributed by atoms with Gasteiger partial charge in [-0.25, -0.2) is 12.7 Å². The number of ether oxygens (including phenoxy) is 1. The quantitative estimate of drug-likeness (QED) is 0.339. The molecule has 2 saturated heterocycles. The van der Waals surface area contributed by atoms with E-state index in [9.17, 15) is 21.6 Å². The number of nitrogens with one attached hydrogen (secondary N) is 1.